The van der Waals surface area contributed by atoms with Crippen LogP contribution >= 0.6 is 0 Å². The van der Waals surface area contributed by atoms with Crippen molar-refractivity contribution in [1.82, 2.24) is 29.6 Å². The molecule has 3 aromatic heterocycles. The van der Waals surface area contributed by atoms with E-state index < -0.39 is 17.4 Å². The maximum absolute atomic E-state index is 14.3. The Bertz CT molecular complexity index is 1220. The highest BCUT2D eigenvalue weighted by molar-refractivity contribution is 5.82. The van der Waals surface area contributed by atoms with Crippen LogP contribution in [0.25, 0.3) is 22.1 Å². The van der Waals surface area contributed by atoms with Crippen LogP contribution in [0.2, 0.25) is 0 Å². The minimum absolute atomic E-state index is 0.0320. The third-order valence-corrected chi connectivity index (χ3v) is 4.61. The second kappa shape index (κ2) is 6.87. The molecular formula is C18H19FN8O. The molecule has 28 heavy (non-hydrogen) atoms. The second-order valence-corrected chi connectivity index (χ2v) is 6.38. The third kappa shape index (κ3) is 2.82. The van der Waals surface area contributed by atoms with Gasteiger partial charge < -0.3 is 15.3 Å². The highest BCUT2D eigenvalue weighted by Gasteiger charge is 2.21. The zero-order valence-electron chi connectivity index (χ0n) is 15.6. The van der Waals surface area contributed by atoms with E-state index in [-0.39, 0.29) is 5.39 Å². The van der Waals surface area contributed by atoms with Crippen LogP contribution in [0.1, 0.15) is 25.7 Å². The van der Waals surface area contributed by atoms with Crippen LogP contribution in [0.15, 0.2) is 35.6 Å². The van der Waals surface area contributed by atoms with Gasteiger partial charge in [-0.15, -0.1) is 0 Å². The zero-order valence-corrected chi connectivity index (χ0v) is 15.6. The number of imidazole rings is 1. The van der Waals surface area contributed by atoms with Crippen LogP contribution in [-0.4, -0.2) is 43.2 Å². The molecule has 0 amide bonds. The number of nitrogens with zero attached hydrogens (tertiary/aromatic N) is 6. The molecule has 0 fully saturated rings. The standard InChI is InChI=1S/C18H19FN8O/c1-4-26(3)27-17(25-12-7-5-6-11(19)13(12)18(27)28)10(2)24-16-14-15(21-8-20-14)22-9-23-16/h5-10H,4H2,1-3H3,(H2,20,21,22,23,24)/t10-/m0/s1. The fourth-order valence-electron chi connectivity index (χ4n) is 3.09. The molecule has 144 valence electrons. The van der Waals surface area contributed by atoms with E-state index in [1.807, 2.05) is 13.8 Å². The zero-order chi connectivity index (χ0) is 19.8. The molecule has 2 N–H and O–H groups in total. The lowest BCUT2D eigenvalue weighted by molar-refractivity contribution is 0.573. The van der Waals surface area contributed by atoms with Crippen molar-refractivity contribution < 1.29 is 4.39 Å². The van der Waals surface area contributed by atoms with Crippen molar-refractivity contribution in [2.75, 3.05) is 23.9 Å². The van der Waals surface area contributed by atoms with Gasteiger partial charge in [-0.25, -0.2) is 29.0 Å². The van der Waals surface area contributed by atoms with Crippen molar-refractivity contribution in [2.24, 2.45) is 0 Å². The quantitative estimate of drug-likeness (QED) is 0.544. The van der Waals surface area contributed by atoms with Crippen LogP contribution in [-0.2, 0) is 0 Å². The first-order chi connectivity index (χ1) is 13.5. The van der Waals surface area contributed by atoms with Crippen molar-refractivity contribution in [1.29, 1.82) is 0 Å². The Morgan fingerprint density at radius 1 is 1.32 bits per heavy atom. The molecule has 4 rings (SSSR count). The molecular weight excluding hydrogens is 363 g/mol. The van der Waals surface area contributed by atoms with E-state index in [2.05, 4.69) is 30.2 Å². The minimum Gasteiger partial charge on any atom is -0.358 e. The van der Waals surface area contributed by atoms with E-state index in [0.717, 1.165) is 0 Å². The Morgan fingerprint density at radius 2 is 2.14 bits per heavy atom. The second-order valence-electron chi connectivity index (χ2n) is 6.38. The molecule has 0 spiro atoms. The number of rotatable bonds is 5. The summed E-state index contributed by atoms with van der Waals surface area (Å²) in [6.07, 6.45) is 2.96. The lowest BCUT2D eigenvalue weighted by Crippen LogP contribution is -2.43. The number of hydrogen-bond acceptors (Lipinski definition) is 7. The summed E-state index contributed by atoms with van der Waals surface area (Å²) in [4.78, 5) is 33.2. The summed E-state index contributed by atoms with van der Waals surface area (Å²) >= 11 is 0. The van der Waals surface area contributed by atoms with Crippen molar-refractivity contribution >= 4 is 27.9 Å². The predicted molar refractivity (Wildman–Crippen MR) is 104 cm³/mol. The number of fused-ring (bicyclic) bond motifs is 2. The molecule has 1 aromatic carbocycles. The number of benzene rings is 1. The van der Waals surface area contributed by atoms with E-state index in [0.29, 0.717) is 34.9 Å². The first-order valence-electron chi connectivity index (χ1n) is 8.84. The molecule has 9 nitrogen and oxygen atoms in total. The Hall–Kier alpha value is -3.56. The highest BCUT2D eigenvalue weighted by Crippen LogP contribution is 2.22. The molecule has 0 bridgehead atoms. The molecule has 0 saturated heterocycles. The molecule has 0 aliphatic carbocycles. The maximum atomic E-state index is 14.3. The van der Waals surface area contributed by atoms with Crippen molar-refractivity contribution in [2.45, 2.75) is 19.9 Å². The van der Waals surface area contributed by atoms with Gasteiger partial charge in [-0.1, -0.05) is 6.07 Å². The molecule has 0 aliphatic rings. The molecule has 0 aliphatic heterocycles. The summed E-state index contributed by atoms with van der Waals surface area (Å²) in [5, 5.41) is 4.90. The van der Waals surface area contributed by atoms with Gasteiger partial charge in [0.1, 0.15) is 23.0 Å². The van der Waals surface area contributed by atoms with Gasteiger partial charge >= 0.3 is 0 Å². The van der Waals surface area contributed by atoms with E-state index in [9.17, 15) is 9.18 Å². The summed E-state index contributed by atoms with van der Waals surface area (Å²) < 4.78 is 15.7. The predicted octanol–water partition coefficient (Wildman–Crippen LogP) is 1.96. The number of aromatic nitrogens is 6. The van der Waals surface area contributed by atoms with Crippen LogP contribution in [0.4, 0.5) is 10.2 Å². The van der Waals surface area contributed by atoms with Crippen molar-refractivity contribution in [3.05, 3.63) is 52.8 Å². The third-order valence-electron chi connectivity index (χ3n) is 4.61. The molecule has 1 atom stereocenters. The molecule has 3 heterocycles. The maximum Gasteiger partial charge on any atom is 0.283 e. The lowest BCUT2D eigenvalue weighted by atomic mass is 10.2. The van der Waals surface area contributed by atoms with Gasteiger partial charge in [-0.3, -0.25) is 4.79 Å². The van der Waals surface area contributed by atoms with Gasteiger partial charge in [-0.05, 0) is 26.0 Å². The van der Waals surface area contributed by atoms with E-state index in [1.165, 1.54) is 29.5 Å². The number of hydrogen-bond donors (Lipinski definition) is 2. The molecule has 10 heteroatoms. The summed E-state index contributed by atoms with van der Waals surface area (Å²) in [6.45, 7) is 4.30. The topological polar surface area (TPSA) is 105 Å². The monoisotopic (exact) mass is 382 g/mol. The van der Waals surface area contributed by atoms with Gasteiger partial charge in [0.15, 0.2) is 17.3 Å². The fourth-order valence-corrected chi connectivity index (χ4v) is 3.09. The highest BCUT2D eigenvalue weighted by atomic mass is 19.1. The number of halogens is 1. The summed E-state index contributed by atoms with van der Waals surface area (Å²) in [5.74, 6) is 0.363. The number of nitrogens with one attached hydrogen (secondary N) is 2. The average Bonchev–Trinajstić information content (AvgIpc) is 3.17. The Balaban J connectivity index is 1.87. The normalized spacial score (nSPS) is 12.4. The molecule has 0 unspecified atom stereocenters. The van der Waals surface area contributed by atoms with E-state index >= 15 is 0 Å². The van der Waals surface area contributed by atoms with E-state index in [4.69, 9.17) is 0 Å². The summed E-state index contributed by atoms with van der Waals surface area (Å²) in [7, 11) is 1.75. The molecule has 0 radical (unpaired) electrons. The van der Waals surface area contributed by atoms with Crippen molar-refractivity contribution in [3.8, 4) is 0 Å². The first-order valence-corrected chi connectivity index (χ1v) is 8.84. The van der Waals surface area contributed by atoms with Gasteiger partial charge in [-0.2, -0.15) is 0 Å². The van der Waals surface area contributed by atoms with Crippen molar-refractivity contribution in [3.63, 3.8) is 0 Å². The Kier molecular flexibility index (Phi) is 4.38. The largest absolute Gasteiger partial charge is 0.358 e. The van der Waals surface area contributed by atoms with Gasteiger partial charge in [0.25, 0.3) is 5.56 Å². The van der Waals surface area contributed by atoms with Crippen LogP contribution in [0, 0.1) is 5.82 Å². The Labute approximate surface area is 159 Å². The molecule has 4 aromatic rings. The lowest BCUT2D eigenvalue weighted by Gasteiger charge is -2.26. The van der Waals surface area contributed by atoms with Crippen LogP contribution < -0.4 is 15.9 Å². The van der Waals surface area contributed by atoms with Gasteiger partial charge in [0.05, 0.1) is 17.9 Å². The Morgan fingerprint density at radius 3 is 2.93 bits per heavy atom. The molecule has 0 saturated carbocycles. The smallest absolute Gasteiger partial charge is 0.283 e. The van der Waals surface area contributed by atoms with Gasteiger partial charge in [0.2, 0.25) is 0 Å². The summed E-state index contributed by atoms with van der Waals surface area (Å²) in [5.41, 5.74) is 1.03. The number of H-pyrrole nitrogens is 1. The van der Waals surface area contributed by atoms with Gasteiger partial charge in [0, 0.05) is 13.6 Å². The number of anilines is 1. The van der Waals surface area contributed by atoms with Crippen LogP contribution in [0.3, 0.4) is 0 Å². The fraction of sp³-hybridized carbons (Fsp3) is 0.278. The minimum atomic E-state index is -0.588. The average molecular weight is 382 g/mol. The number of aromatic amines is 1. The van der Waals surface area contributed by atoms with E-state index in [1.54, 1.807) is 18.1 Å². The summed E-state index contributed by atoms with van der Waals surface area (Å²) in [6, 6.07) is 4.02. The SMILES string of the molecule is CCN(C)n1c([C@H](C)Nc2ncnc3[nH]cnc23)nc2cccc(F)c2c1=O. The van der Waals surface area contributed by atoms with Crippen LogP contribution in [0.5, 0.6) is 0 Å². The first kappa shape index (κ1) is 17.8.